The molecule has 0 aliphatic carbocycles. The first-order valence-electron chi connectivity index (χ1n) is 5.05. The number of benzene rings is 1. The second-order valence-electron chi connectivity index (χ2n) is 3.61. The van der Waals surface area contributed by atoms with Crippen molar-refractivity contribution in [1.29, 1.82) is 0 Å². The van der Waals surface area contributed by atoms with Crippen LogP contribution in [0.2, 0.25) is 0 Å². The second kappa shape index (κ2) is 6.85. The Labute approximate surface area is 91.6 Å². The summed E-state index contributed by atoms with van der Waals surface area (Å²) in [6.45, 7) is 1.03. The van der Waals surface area contributed by atoms with Gasteiger partial charge in [0.2, 0.25) is 0 Å². The molecule has 2 rings (SSSR count). The molecule has 0 radical (unpaired) electrons. The zero-order valence-corrected chi connectivity index (χ0v) is 9.35. The molecule has 2 aromatic rings. The van der Waals surface area contributed by atoms with Gasteiger partial charge in [-0.25, -0.2) is 0 Å². The molecule has 0 fully saturated rings. The molecule has 15 heavy (non-hydrogen) atoms. The van der Waals surface area contributed by atoms with Crippen LogP contribution in [0.5, 0.6) is 0 Å². The molecule has 80 valence electrons. The first-order valence-corrected chi connectivity index (χ1v) is 5.05. The molecule has 0 aliphatic heterocycles. The van der Waals surface area contributed by atoms with E-state index >= 15 is 0 Å². The summed E-state index contributed by atoms with van der Waals surface area (Å²) in [5, 5.41) is 0. The Balaban J connectivity index is 0.000000187. The minimum atomic E-state index is 1.03. The van der Waals surface area contributed by atoms with Crippen LogP contribution in [-0.2, 0) is 6.54 Å². The lowest BCUT2D eigenvalue weighted by atomic mass is 10.2. The minimum Gasteiger partial charge on any atom is -0.368 e. The van der Waals surface area contributed by atoms with Gasteiger partial charge in [0.25, 0.3) is 0 Å². The van der Waals surface area contributed by atoms with Gasteiger partial charge in [-0.3, -0.25) is 0 Å². The van der Waals surface area contributed by atoms with Gasteiger partial charge in [-0.2, -0.15) is 0 Å². The van der Waals surface area contributed by atoms with Gasteiger partial charge in [0, 0.05) is 18.9 Å². The fourth-order valence-corrected chi connectivity index (χ4v) is 1.23. The summed E-state index contributed by atoms with van der Waals surface area (Å²) in [5.74, 6) is 0. The van der Waals surface area contributed by atoms with Crippen molar-refractivity contribution < 1.29 is 0 Å². The van der Waals surface area contributed by atoms with Gasteiger partial charge in [0.15, 0.2) is 0 Å². The van der Waals surface area contributed by atoms with E-state index in [0.29, 0.717) is 0 Å². The molecule has 0 atom stereocenters. The van der Waals surface area contributed by atoms with Gasteiger partial charge in [-0.05, 0) is 31.8 Å². The zero-order chi connectivity index (χ0) is 10.9. The summed E-state index contributed by atoms with van der Waals surface area (Å²) in [7, 11) is 4.15. The lowest BCUT2D eigenvalue weighted by molar-refractivity contribution is 0.402. The number of H-pyrrole nitrogens is 1. The molecule has 1 aromatic carbocycles. The highest BCUT2D eigenvalue weighted by Crippen LogP contribution is 1.99. The van der Waals surface area contributed by atoms with Gasteiger partial charge in [0.05, 0.1) is 0 Å². The van der Waals surface area contributed by atoms with E-state index in [1.165, 1.54) is 5.56 Å². The highest BCUT2D eigenvalue weighted by atomic mass is 15.0. The molecule has 2 heteroatoms. The number of hydrogen-bond acceptors (Lipinski definition) is 1. The summed E-state index contributed by atoms with van der Waals surface area (Å²) in [6, 6.07) is 14.3. The SMILES string of the molecule is CN(C)Cc1ccccc1.c1cc[nH]c1. The molecule has 1 aromatic heterocycles. The molecule has 1 N–H and O–H groups in total. The van der Waals surface area contributed by atoms with E-state index in [9.17, 15) is 0 Å². The highest BCUT2D eigenvalue weighted by molar-refractivity contribution is 5.14. The predicted molar refractivity (Wildman–Crippen MR) is 64.6 cm³/mol. The van der Waals surface area contributed by atoms with E-state index in [1.54, 1.807) is 0 Å². The van der Waals surface area contributed by atoms with Crippen molar-refractivity contribution >= 4 is 0 Å². The number of nitrogens with zero attached hydrogens (tertiary/aromatic N) is 1. The van der Waals surface area contributed by atoms with Crippen molar-refractivity contribution in [3.63, 3.8) is 0 Å². The number of nitrogens with one attached hydrogen (secondary N) is 1. The van der Waals surface area contributed by atoms with Crippen molar-refractivity contribution in [1.82, 2.24) is 9.88 Å². The Bertz CT molecular complexity index is 307. The van der Waals surface area contributed by atoms with Crippen LogP contribution in [0, 0.1) is 0 Å². The topological polar surface area (TPSA) is 19.0 Å². The molecule has 2 nitrogen and oxygen atoms in total. The van der Waals surface area contributed by atoms with Crippen molar-refractivity contribution in [3.05, 3.63) is 60.4 Å². The van der Waals surface area contributed by atoms with Crippen molar-refractivity contribution in [3.8, 4) is 0 Å². The molecule has 0 unspecified atom stereocenters. The highest BCUT2D eigenvalue weighted by Gasteiger charge is 1.90. The van der Waals surface area contributed by atoms with Gasteiger partial charge < -0.3 is 9.88 Å². The van der Waals surface area contributed by atoms with Crippen LogP contribution in [0.25, 0.3) is 0 Å². The van der Waals surface area contributed by atoms with Crippen molar-refractivity contribution in [2.45, 2.75) is 6.54 Å². The normalized spacial score (nSPS) is 9.53. The number of aromatic nitrogens is 1. The van der Waals surface area contributed by atoms with Crippen LogP contribution in [-0.4, -0.2) is 24.0 Å². The van der Waals surface area contributed by atoms with E-state index in [2.05, 4.69) is 48.2 Å². The summed E-state index contributed by atoms with van der Waals surface area (Å²) in [6.07, 6.45) is 3.75. The van der Waals surface area contributed by atoms with E-state index in [4.69, 9.17) is 0 Å². The predicted octanol–water partition coefficient (Wildman–Crippen LogP) is 2.76. The van der Waals surface area contributed by atoms with Crippen LogP contribution >= 0.6 is 0 Å². The third-order valence-corrected chi connectivity index (χ3v) is 1.84. The molecule has 1 heterocycles. The molecule has 0 spiro atoms. The number of hydrogen-bond donors (Lipinski definition) is 1. The maximum atomic E-state index is 2.86. The first-order chi connectivity index (χ1) is 7.29. The summed E-state index contributed by atoms with van der Waals surface area (Å²) in [4.78, 5) is 5.02. The van der Waals surface area contributed by atoms with Gasteiger partial charge >= 0.3 is 0 Å². The van der Waals surface area contributed by atoms with Gasteiger partial charge in [-0.15, -0.1) is 0 Å². The van der Waals surface area contributed by atoms with Crippen LogP contribution in [0.4, 0.5) is 0 Å². The average molecular weight is 202 g/mol. The third kappa shape index (κ3) is 5.70. The van der Waals surface area contributed by atoms with Crippen molar-refractivity contribution in [2.24, 2.45) is 0 Å². The third-order valence-electron chi connectivity index (χ3n) is 1.84. The van der Waals surface area contributed by atoms with E-state index < -0.39 is 0 Å². The number of rotatable bonds is 2. The van der Waals surface area contributed by atoms with Crippen LogP contribution in [0.1, 0.15) is 5.56 Å². The van der Waals surface area contributed by atoms with E-state index in [1.807, 2.05) is 30.6 Å². The Kier molecular flexibility index (Phi) is 5.26. The summed E-state index contributed by atoms with van der Waals surface area (Å²) >= 11 is 0. The van der Waals surface area contributed by atoms with Gasteiger partial charge in [-0.1, -0.05) is 30.3 Å². The fraction of sp³-hybridized carbons (Fsp3) is 0.231. The molecule has 0 amide bonds. The Morgan fingerprint density at radius 1 is 0.933 bits per heavy atom. The molecule has 0 saturated carbocycles. The first kappa shape index (κ1) is 11.5. The quantitative estimate of drug-likeness (QED) is 0.793. The zero-order valence-electron chi connectivity index (χ0n) is 9.35. The fourth-order valence-electron chi connectivity index (χ4n) is 1.23. The largest absolute Gasteiger partial charge is 0.368 e. The van der Waals surface area contributed by atoms with Crippen LogP contribution < -0.4 is 0 Å². The molecular formula is C13H18N2. The van der Waals surface area contributed by atoms with E-state index in [0.717, 1.165) is 6.54 Å². The van der Waals surface area contributed by atoms with Crippen LogP contribution in [0.3, 0.4) is 0 Å². The van der Waals surface area contributed by atoms with Crippen molar-refractivity contribution in [2.75, 3.05) is 14.1 Å². The smallest absolute Gasteiger partial charge is 0.0227 e. The maximum absolute atomic E-state index is 2.86. The average Bonchev–Trinajstić information content (AvgIpc) is 2.76. The molecular weight excluding hydrogens is 184 g/mol. The summed E-state index contributed by atoms with van der Waals surface area (Å²) < 4.78 is 0. The molecule has 0 aliphatic rings. The Hall–Kier alpha value is -1.54. The van der Waals surface area contributed by atoms with E-state index in [-0.39, 0.29) is 0 Å². The molecule has 0 saturated heterocycles. The lowest BCUT2D eigenvalue weighted by Crippen LogP contribution is -2.10. The number of aromatic amines is 1. The van der Waals surface area contributed by atoms with Gasteiger partial charge in [0.1, 0.15) is 0 Å². The summed E-state index contributed by atoms with van der Waals surface area (Å²) in [5.41, 5.74) is 1.37. The van der Waals surface area contributed by atoms with Crippen LogP contribution in [0.15, 0.2) is 54.9 Å². The Morgan fingerprint density at radius 2 is 1.53 bits per heavy atom. The Morgan fingerprint density at radius 3 is 1.93 bits per heavy atom. The monoisotopic (exact) mass is 202 g/mol. The second-order valence-corrected chi connectivity index (χ2v) is 3.61. The standard InChI is InChI=1S/C9H13N.C4H5N/c1-10(2)8-9-6-4-3-5-7-9;1-2-4-5-3-1/h3-7H,8H2,1-2H3;1-5H. The molecule has 0 bridgehead atoms. The minimum absolute atomic E-state index is 1.03. The maximum Gasteiger partial charge on any atom is 0.0227 e. The lowest BCUT2D eigenvalue weighted by Gasteiger charge is -2.08.